The van der Waals surface area contributed by atoms with E-state index in [0.717, 1.165) is 42.6 Å². The highest BCUT2D eigenvalue weighted by atomic mass is 32.2. The summed E-state index contributed by atoms with van der Waals surface area (Å²) in [5.41, 5.74) is 5.51. The molecule has 0 unspecified atom stereocenters. The average molecular weight is 313 g/mol. The maximum absolute atomic E-state index is 9.14. The fraction of sp³-hybridized carbons (Fsp3) is 0.438. The summed E-state index contributed by atoms with van der Waals surface area (Å²) < 4.78 is 1.96. The van der Waals surface area contributed by atoms with Crippen LogP contribution in [0.5, 0.6) is 0 Å². The Morgan fingerprint density at radius 3 is 2.95 bits per heavy atom. The molecule has 0 amide bonds. The summed E-state index contributed by atoms with van der Waals surface area (Å²) in [6.07, 6.45) is 4.92. The number of hydrogen-bond donors (Lipinski definition) is 0. The third-order valence-corrected chi connectivity index (χ3v) is 4.88. The highest BCUT2D eigenvalue weighted by molar-refractivity contribution is 7.98. The molecule has 0 aromatic carbocycles. The molecule has 3 heterocycles. The summed E-state index contributed by atoms with van der Waals surface area (Å²) in [6.45, 7) is 4.81. The zero-order chi connectivity index (χ0) is 15.7. The largest absolute Gasteiger partial charge is 0.340 e. The lowest BCUT2D eigenvalue weighted by Gasteiger charge is -2.28. The molecule has 6 heteroatoms. The van der Waals surface area contributed by atoms with E-state index in [-0.39, 0.29) is 0 Å². The molecule has 0 spiro atoms. The third-order valence-electron chi connectivity index (χ3n) is 4.32. The molecule has 5 nitrogen and oxygen atoms in total. The van der Waals surface area contributed by atoms with Crippen LogP contribution in [0.25, 0.3) is 0 Å². The van der Waals surface area contributed by atoms with Gasteiger partial charge in [-0.25, -0.2) is 9.97 Å². The van der Waals surface area contributed by atoms with Gasteiger partial charge in [0, 0.05) is 50.6 Å². The van der Waals surface area contributed by atoms with Gasteiger partial charge in [-0.15, -0.1) is 0 Å². The van der Waals surface area contributed by atoms with Crippen molar-refractivity contribution in [2.75, 3.05) is 12.8 Å². The van der Waals surface area contributed by atoms with Gasteiger partial charge in [0.2, 0.25) is 0 Å². The maximum atomic E-state index is 9.14. The van der Waals surface area contributed by atoms with E-state index >= 15 is 0 Å². The van der Waals surface area contributed by atoms with Crippen LogP contribution in [0.15, 0.2) is 17.4 Å². The molecule has 0 bridgehead atoms. The van der Waals surface area contributed by atoms with E-state index in [1.165, 1.54) is 16.8 Å². The predicted octanol–water partition coefficient (Wildman–Crippen LogP) is 2.28. The number of fused-ring (bicyclic) bond motifs is 1. The van der Waals surface area contributed by atoms with Crippen molar-refractivity contribution in [3.05, 3.63) is 40.5 Å². The van der Waals surface area contributed by atoms with E-state index in [0.29, 0.717) is 0 Å². The van der Waals surface area contributed by atoms with Crippen molar-refractivity contribution in [2.45, 2.75) is 31.6 Å². The lowest BCUT2D eigenvalue weighted by molar-refractivity contribution is 0.241. The molecular weight excluding hydrogens is 294 g/mol. The maximum Gasteiger partial charge on any atom is 0.187 e. The Labute approximate surface area is 135 Å². The van der Waals surface area contributed by atoms with Crippen LogP contribution in [-0.4, -0.2) is 32.2 Å². The van der Waals surface area contributed by atoms with Crippen molar-refractivity contribution in [1.29, 1.82) is 5.26 Å². The van der Waals surface area contributed by atoms with Gasteiger partial charge >= 0.3 is 0 Å². The number of rotatable bonds is 3. The minimum atomic E-state index is 0.720. The summed E-state index contributed by atoms with van der Waals surface area (Å²) in [7, 11) is 1.95. The van der Waals surface area contributed by atoms with Gasteiger partial charge in [0.15, 0.2) is 5.16 Å². The summed E-state index contributed by atoms with van der Waals surface area (Å²) in [5.74, 6) is 0. The zero-order valence-electron chi connectivity index (χ0n) is 13.1. The first-order chi connectivity index (χ1) is 10.6. The van der Waals surface area contributed by atoms with Gasteiger partial charge in [0.1, 0.15) is 11.8 Å². The summed E-state index contributed by atoms with van der Waals surface area (Å²) in [5, 5.41) is 9.99. The van der Waals surface area contributed by atoms with Crippen LogP contribution >= 0.6 is 11.8 Å². The number of thioether (sulfide) groups is 1. The van der Waals surface area contributed by atoms with E-state index < -0.39 is 0 Å². The molecule has 0 radical (unpaired) electrons. The van der Waals surface area contributed by atoms with Crippen LogP contribution in [0, 0.1) is 18.3 Å². The van der Waals surface area contributed by atoms with Crippen molar-refractivity contribution >= 4 is 11.8 Å². The van der Waals surface area contributed by atoms with Crippen molar-refractivity contribution in [3.8, 4) is 6.07 Å². The first-order valence-corrected chi connectivity index (χ1v) is 8.51. The normalized spacial score (nSPS) is 14.6. The highest BCUT2D eigenvalue weighted by Crippen LogP contribution is 2.22. The molecule has 2 aromatic heterocycles. The highest BCUT2D eigenvalue weighted by Gasteiger charge is 2.20. The Morgan fingerprint density at radius 2 is 2.27 bits per heavy atom. The monoisotopic (exact) mass is 313 g/mol. The van der Waals surface area contributed by atoms with Crippen molar-refractivity contribution in [2.24, 2.45) is 7.05 Å². The molecule has 0 fully saturated rings. The Balaban J connectivity index is 1.77. The van der Waals surface area contributed by atoms with Gasteiger partial charge in [-0.3, -0.25) is 4.90 Å². The molecule has 0 atom stereocenters. The van der Waals surface area contributed by atoms with E-state index in [1.54, 1.807) is 11.8 Å². The van der Waals surface area contributed by atoms with Crippen molar-refractivity contribution in [3.63, 3.8) is 0 Å². The molecule has 1 aliphatic heterocycles. The predicted molar refractivity (Wildman–Crippen MR) is 86.5 cm³/mol. The molecule has 3 rings (SSSR count). The number of nitriles is 1. The van der Waals surface area contributed by atoms with Crippen molar-refractivity contribution < 1.29 is 0 Å². The van der Waals surface area contributed by atoms with Crippen LogP contribution in [0.3, 0.4) is 0 Å². The van der Waals surface area contributed by atoms with Crippen LogP contribution in [0.1, 0.15) is 28.2 Å². The first kappa shape index (κ1) is 15.1. The van der Waals surface area contributed by atoms with Gasteiger partial charge in [0.25, 0.3) is 0 Å². The van der Waals surface area contributed by atoms with Gasteiger partial charge in [-0.2, -0.15) is 5.26 Å². The molecule has 0 N–H and O–H groups in total. The molecular formula is C16H19N5S. The SMILES string of the molecule is CSc1ncc2c(n1)CCN(Cc1cc(C#N)n(C)c1C)C2. The molecule has 22 heavy (non-hydrogen) atoms. The van der Waals surface area contributed by atoms with Gasteiger partial charge < -0.3 is 4.57 Å². The average Bonchev–Trinajstić information content (AvgIpc) is 2.82. The zero-order valence-corrected chi connectivity index (χ0v) is 13.9. The van der Waals surface area contributed by atoms with Crippen LogP contribution in [0.4, 0.5) is 0 Å². The molecule has 2 aromatic rings. The Hall–Kier alpha value is -1.84. The van der Waals surface area contributed by atoms with Crippen LogP contribution in [0.2, 0.25) is 0 Å². The second kappa shape index (κ2) is 6.11. The van der Waals surface area contributed by atoms with Gasteiger partial charge in [-0.1, -0.05) is 11.8 Å². The second-order valence-electron chi connectivity index (χ2n) is 5.60. The Bertz CT molecular complexity index is 744. The summed E-state index contributed by atoms with van der Waals surface area (Å²) >= 11 is 1.58. The Kier molecular flexibility index (Phi) is 4.19. The topological polar surface area (TPSA) is 57.7 Å². The minimum Gasteiger partial charge on any atom is -0.340 e. The molecule has 1 aliphatic rings. The lowest BCUT2D eigenvalue weighted by atomic mass is 10.1. The smallest absolute Gasteiger partial charge is 0.187 e. The van der Waals surface area contributed by atoms with Crippen LogP contribution in [-0.2, 0) is 26.6 Å². The minimum absolute atomic E-state index is 0.720. The number of nitrogens with zero attached hydrogens (tertiary/aromatic N) is 5. The molecule has 0 saturated heterocycles. The van der Waals surface area contributed by atoms with Gasteiger partial charge in [0.05, 0.1) is 5.69 Å². The van der Waals surface area contributed by atoms with E-state index in [2.05, 4.69) is 27.9 Å². The quantitative estimate of drug-likeness (QED) is 0.643. The van der Waals surface area contributed by atoms with Crippen LogP contribution < -0.4 is 0 Å². The third kappa shape index (κ3) is 2.74. The second-order valence-corrected chi connectivity index (χ2v) is 6.37. The van der Waals surface area contributed by atoms with E-state index in [1.807, 2.05) is 30.1 Å². The summed E-state index contributed by atoms with van der Waals surface area (Å²) in [6, 6.07) is 4.24. The number of hydrogen-bond acceptors (Lipinski definition) is 5. The van der Waals surface area contributed by atoms with Crippen molar-refractivity contribution in [1.82, 2.24) is 19.4 Å². The van der Waals surface area contributed by atoms with E-state index in [4.69, 9.17) is 5.26 Å². The fourth-order valence-electron chi connectivity index (χ4n) is 2.86. The molecule has 0 saturated carbocycles. The fourth-order valence-corrected chi connectivity index (χ4v) is 3.22. The standard InChI is InChI=1S/C16H19N5S/c1-11-12(6-14(7-17)20(11)2)9-21-5-4-15-13(10-21)8-18-16(19-15)22-3/h6,8H,4-5,9-10H2,1-3H3. The molecule has 0 aliphatic carbocycles. The Morgan fingerprint density at radius 1 is 1.45 bits per heavy atom. The lowest BCUT2D eigenvalue weighted by Crippen LogP contribution is -2.31. The molecule has 114 valence electrons. The summed E-state index contributed by atoms with van der Waals surface area (Å²) in [4.78, 5) is 11.4. The van der Waals surface area contributed by atoms with Gasteiger partial charge in [-0.05, 0) is 24.8 Å². The number of aromatic nitrogens is 3. The first-order valence-electron chi connectivity index (χ1n) is 7.28. The van der Waals surface area contributed by atoms with E-state index in [9.17, 15) is 0 Å².